The lowest BCUT2D eigenvalue weighted by Crippen LogP contribution is -2.43. The summed E-state index contributed by atoms with van der Waals surface area (Å²) in [6.07, 6.45) is 6.44. The maximum atomic E-state index is 12.2. The SMILES string of the molecule is Nc1ccc2c(c1)CN(C1CCCCC1)CC2=O. The highest BCUT2D eigenvalue weighted by Crippen LogP contribution is 2.28. The first-order chi connectivity index (χ1) is 8.74. The van der Waals surface area contributed by atoms with E-state index >= 15 is 0 Å². The van der Waals surface area contributed by atoms with Crippen molar-refractivity contribution < 1.29 is 4.79 Å². The zero-order valence-electron chi connectivity index (χ0n) is 10.7. The van der Waals surface area contributed by atoms with Gasteiger partial charge in [0.1, 0.15) is 0 Å². The van der Waals surface area contributed by atoms with Gasteiger partial charge < -0.3 is 5.73 Å². The third kappa shape index (κ3) is 2.15. The third-order valence-corrected chi connectivity index (χ3v) is 4.24. The van der Waals surface area contributed by atoms with E-state index in [-0.39, 0.29) is 5.78 Å². The van der Waals surface area contributed by atoms with Gasteiger partial charge in [-0.05, 0) is 36.6 Å². The minimum absolute atomic E-state index is 0.252. The highest BCUT2D eigenvalue weighted by molar-refractivity contribution is 6.00. The van der Waals surface area contributed by atoms with Crippen LogP contribution in [0, 0.1) is 0 Å². The molecule has 1 aliphatic carbocycles. The molecule has 0 amide bonds. The molecule has 1 fully saturated rings. The van der Waals surface area contributed by atoms with Crippen molar-refractivity contribution in [3.05, 3.63) is 29.3 Å². The summed E-state index contributed by atoms with van der Waals surface area (Å²) >= 11 is 0. The molecule has 1 saturated carbocycles. The fourth-order valence-corrected chi connectivity index (χ4v) is 3.27. The van der Waals surface area contributed by atoms with Crippen molar-refractivity contribution >= 4 is 11.5 Å². The summed E-state index contributed by atoms with van der Waals surface area (Å²) < 4.78 is 0. The van der Waals surface area contributed by atoms with E-state index in [4.69, 9.17) is 5.73 Å². The molecule has 2 N–H and O–H groups in total. The molecular weight excluding hydrogens is 224 g/mol. The van der Waals surface area contributed by atoms with Gasteiger partial charge in [0.05, 0.1) is 6.54 Å². The predicted molar refractivity (Wildman–Crippen MR) is 72.5 cm³/mol. The van der Waals surface area contributed by atoms with Crippen molar-refractivity contribution in [2.24, 2.45) is 0 Å². The molecule has 3 nitrogen and oxygen atoms in total. The Bertz CT molecular complexity index is 464. The number of benzene rings is 1. The Morgan fingerprint density at radius 1 is 1.11 bits per heavy atom. The average molecular weight is 244 g/mol. The van der Waals surface area contributed by atoms with Gasteiger partial charge in [0, 0.05) is 23.8 Å². The Hall–Kier alpha value is -1.35. The normalized spacial score (nSPS) is 21.9. The Labute approximate surface area is 108 Å². The largest absolute Gasteiger partial charge is 0.399 e. The highest BCUT2D eigenvalue weighted by atomic mass is 16.1. The molecule has 0 bridgehead atoms. The summed E-state index contributed by atoms with van der Waals surface area (Å²) in [6.45, 7) is 1.47. The highest BCUT2D eigenvalue weighted by Gasteiger charge is 2.28. The smallest absolute Gasteiger partial charge is 0.177 e. The first-order valence-corrected chi connectivity index (χ1v) is 6.90. The van der Waals surface area contributed by atoms with Crippen LogP contribution in [0.3, 0.4) is 0 Å². The number of nitrogens with two attached hydrogens (primary N) is 1. The second kappa shape index (κ2) is 4.73. The van der Waals surface area contributed by atoms with Gasteiger partial charge >= 0.3 is 0 Å². The monoisotopic (exact) mass is 244 g/mol. The molecule has 0 unspecified atom stereocenters. The molecule has 3 heteroatoms. The number of nitrogen functional groups attached to an aromatic ring is 1. The van der Waals surface area contributed by atoms with Crippen LogP contribution in [0.2, 0.25) is 0 Å². The molecule has 2 aliphatic rings. The number of rotatable bonds is 1. The number of nitrogens with zero attached hydrogens (tertiary/aromatic N) is 1. The molecule has 0 saturated heterocycles. The van der Waals surface area contributed by atoms with Gasteiger partial charge in [-0.15, -0.1) is 0 Å². The number of carbonyl (C=O) groups is 1. The lowest BCUT2D eigenvalue weighted by molar-refractivity contribution is 0.0805. The van der Waals surface area contributed by atoms with Crippen LogP contribution < -0.4 is 5.73 Å². The van der Waals surface area contributed by atoms with Crippen LogP contribution in [0.25, 0.3) is 0 Å². The molecule has 0 spiro atoms. The average Bonchev–Trinajstić information content (AvgIpc) is 2.39. The Morgan fingerprint density at radius 3 is 2.67 bits per heavy atom. The number of fused-ring (bicyclic) bond motifs is 1. The molecule has 3 rings (SSSR count). The van der Waals surface area contributed by atoms with Crippen molar-refractivity contribution in [3.8, 4) is 0 Å². The molecule has 1 aromatic carbocycles. The van der Waals surface area contributed by atoms with E-state index < -0.39 is 0 Å². The Kier molecular flexibility index (Phi) is 3.08. The van der Waals surface area contributed by atoms with E-state index in [9.17, 15) is 4.79 Å². The molecule has 1 aliphatic heterocycles. The van der Waals surface area contributed by atoms with Crippen molar-refractivity contribution in [1.29, 1.82) is 0 Å². The molecular formula is C15H20N2O. The summed E-state index contributed by atoms with van der Waals surface area (Å²) in [5, 5.41) is 0. The Balaban J connectivity index is 1.83. The maximum Gasteiger partial charge on any atom is 0.177 e. The van der Waals surface area contributed by atoms with Gasteiger partial charge in [-0.3, -0.25) is 9.69 Å². The zero-order valence-corrected chi connectivity index (χ0v) is 10.7. The standard InChI is InChI=1S/C15H20N2O/c16-12-6-7-14-11(8-12)9-17(10-15(14)18)13-4-2-1-3-5-13/h6-8,13H,1-5,9-10,16H2. The van der Waals surface area contributed by atoms with Crippen LogP contribution in [0.4, 0.5) is 5.69 Å². The van der Waals surface area contributed by atoms with Crippen molar-refractivity contribution in [2.45, 2.75) is 44.7 Å². The van der Waals surface area contributed by atoms with Gasteiger partial charge in [0.2, 0.25) is 0 Å². The summed E-state index contributed by atoms with van der Waals surface area (Å²) in [7, 11) is 0. The minimum Gasteiger partial charge on any atom is -0.399 e. The van der Waals surface area contributed by atoms with Crippen molar-refractivity contribution in [2.75, 3.05) is 12.3 Å². The fourth-order valence-electron chi connectivity index (χ4n) is 3.27. The summed E-state index contributed by atoms with van der Waals surface area (Å²) in [5.41, 5.74) is 8.56. The van der Waals surface area contributed by atoms with Crippen LogP contribution >= 0.6 is 0 Å². The van der Waals surface area contributed by atoms with Crippen LogP contribution in [-0.4, -0.2) is 23.3 Å². The van der Waals surface area contributed by atoms with Crippen LogP contribution in [-0.2, 0) is 6.54 Å². The van der Waals surface area contributed by atoms with Gasteiger partial charge in [-0.1, -0.05) is 19.3 Å². The fraction of sp³-hybridized carbons (Fsp3) is 0.533. The van der Waals surface area contributed by atoms with E-state index in [2.05, 4.69) is 4.90 Å². The topological polar surface area (TPSA) is 46.3 Å². The molecule has 1 heterocycles. The molecule has 18 heavy (non-hydrogen) atoms. The van der Waals surface area contributed by atoms with Gasteiger partial charge in [-0.2, -0.15) is 0 Å². The van der Waals surface area contributed by atoms with E-state index in [1.165, 1.54) is 32.1 Å². The van der Waals surface area contributed by atoms with E-state index in [0.29, 0.717) is 12.6 Å². The first-order valence-electron chi connectivity index (χ1n) is 6.90. The van der Waals surface area contributed by atoms with Gasteiger partial charge in [0.15, 0.2) is 5.78 Å². The minimum atomic E-state index is 0.252. The number of hydrogen-bond donors (Lipinski definition) is 1. The lowest BCUT2D eigenvalue weighted by atomic mass is 9.90. The molecule has 0 radical (unpaired) electrons. The number of carbonyl (C=O) groups excluding carboxylic acids is 1. The number of ketones is 1. The van der Waals surface area contributed by atoms with Crippen LogP contribution in [0.5, 0.6) is 0 Å². The molecule has 96 valence electrons. The third-order valence-electron chi connectivity index (χ3n) is 4.24. The van der Waals surface area contributed by atoms with Gasteiger partial charge in [0.25, 0.3) is 0 Å². The summed E-state index contributed by atoms with van der Waals surface area (Å²) in [4.78, 5) is 14.5. The molecule has 1 aromatic rings. The predicted octanol–water partition coefficient (Wildman–Crippen LogP) is 2.60. The first kappa shape index (κ1) is 11.7. The number of hydrogen-bond acceptors (Lipinski definition) is 3. The zero-order chi connectivity index (χ0) is 12.5. The summed E-state index contributed by atoms with van der Waals surface area (Å²) in [5.74, 6) is 0.252. The van der Waals surface area contributed by atoms with Crippen LogP contribution in [0.1, 0.15) is 48.0 Å². The molecule has 0 aromatic heterocycles. The number of Topliss-reactive ketones (excluding diaryl/α,β-unsaturated/α-hetero) is 1. The van der Waals surface area contributed by atoms with E-state index in [1.807, 2.05) is 18.2 Å². The van der Waals surface area contributed by atoms with E-state index in [1.54, 1.807) is 0 Å². The van der Waals surface area contributed by atoms with Crippen molar-refractivity contribution in [1.82, 2.24) is 4.90 Å². The molecule has 0 atom stereocenters. The summed E-state index contributed by atoms with van der Waals surface area (Å²) in [6, 6.07) is 6.26. The maximum absolute atomic E-state index is 12.2. The van der Waals surface area contributed by atoms with E-state index in [0.717, 1.165) is 23.4 Å². The van der Waals surface area contributed by atoms with Crippen molar-refractivity contribution in [3.63, 3.8) is 0 Å². The Morgan fingerprint density at radius 2 is 1.89 bits per heavy atom. The van der Waals surface area contributed by atoms with Gasteiger partial charge in [-0.25, -0.2) is 0 Å². The quantitative estimate of drug-likeness (QED) is 0.772. The lowest BCUT2D eigenvalue weighted by Gasteiger charge is -2.36. The second-order valence-corrected chi connectivity index (χ2v) is 5.54. The number of anilines is 1. The van der Waals surface area contributed by atoms with Crippen LogP contribution in [0.15, 0.2) is 18.2 Å². The second-order valence-electron chi connectivity index (χ2n) is 5.54.